The summed E-state index contributed by atoms with van der Waals surface area (Å²) in [5.41, 5.74) is 4.87. The van der Waals surface area contributed by atoms with E-state index in [1.807, 2.05) is 6.92 Å². The van der Waals surface area contributed by atoms with Crippen LogP contribution in [0.2, 0.25) is 0 Å². The lowest BCUT2D eigenvalue weighted by atomic mass is 10.0. The highest BCUT2D eigenvalue weighted by Gasteiger charge is 2.31. The Balaban J connectivity index is 2.00. The van der Waals surface area contributed by atoms with Crippen LogP contribution in [0.1, 0.15) is 19.2 Å². The molecule has 1 fully saturated rings. The predicted octanol–water partition coefficient (Wildman–Crippen LogP) is 0.184. The maximum atomic E-state index is 10.1. The number of hydrogen-bond acceptors (Lipinski definition) is 6. The Morgan fingerprint density at radius 2 is 2.41 bits per heavy atom. The lowest BCUT2D eigenvalue weighted by Crippen LogP contribution is -2.37. The van der Waals surface area contributed by atoms with Crippen molar-refractivity contribution in [3.8, 4) is 0 Å². The summed E-state index contributed by atoms with van der Waals surface area (Å²) in [6.45, 7) is 3.34. The number of ether oxygens (including phenoxy) is 1. The van der Waals surface area contributed by atoms with E-state index in [9.17, 15) is 5.11 Å². The molecule has 1 atom stereocenters. The highest BCUT2D eigenvalue weighted by molar-refractivity contribution is 5.44. The van der Waals surface area contributed by atoms with Gasteiger partial charge in [-0.2, -0.15) is 0 Å². The monoisotopic (exact) mass is 238 g/mol. The molecular formula is C11H18N4O2. The molecule has 0 bridgehead atoms. The zero-order valence-electron chi connectivity index (χ0n) is 9.94. The Bertz CT molecular complexity index is 391. The number of nitrogens with two attached hydrogens (primary N) is 1. The van der Waals surface area contributed by atoms with Gasteiger partial charge >= 0.3 is 0 Å². The van der Waals surface area contributed by atoms with Gasteiger partial charge in [0, 0.05) is 32.1 Å². The number of aromatic nitrogens is 2. The molecule has 17 heavy (non-hydrogen) atoms. The topological polar surface area (TPSA) is 93.3 Å². The normalized spacial score (nSPS) is 23.9. The van der Waals surface area contributed by atoms with Crippen molar-refractivity contribution in [1.29, 1.82) is 0 Å². The van der Waals surface area contributed by atoms with E-state index in [4.69, 9.17) is 10.5 Å². The van der Waals surface area contributed by atoms with E-state index in [1.54, 1.807) is 6.07 Å². The van der Waals surface area contributed by atoms with Gasteiger partial charge in [-0.3, -0.25) is 0 Å². The number of anilines is 2. The number of aliphatic hydroxyl groups is 1. The highest BCUT2D eigenvalue weighted by atomic mass is 16.5. The summed E-state index contributed by atoms with van der Waals surface area (Å²) in [5.74, 6) is 1.78. The second kappa shape index (κ2) is 4.85. The minimum atomic E-state index is -0.800. The van der Waals surface area contributed by atoms with Gasteiger partial charge in [-0.15, -0.1) is 0 Å². The van der Waals surface area contributed by atoms with E-state index >= 15 is 0 Å². The largest absolute Gasteiger partial charge is 0.386 e. The molecule has 6 nitrogen and oxygen atoms in total. The minimum absolute atomic E-state index is 0.362. The van der Waals surface area contributed by atoms with Gasteiger partial charge in [0.15, 0.2) is 0 Å². The third-order valence-electron chi connectivity index (χ3n) is 2.79. The molecule has 0 amide bonds. The molecule has 2 heterocycles. The molecule has 1 aliphatic heterocycles. The molecule has 6 heteroatoms. The van der Waals surface area contributed by atoms with Crippen LogP contribution in [0.4, 0.5) is 11.6 Å². The Hall–Kier alpha value is -1.40. The Morgan fingerprint density at radius 3 is 3.06 bits per heavy atom. The molecule has 1 unspecified atom stereocenters. The number of nitrogen functional groups attached to an aromatic ring is 1. The van der Waals surface area contributed by atoms with Gasteiger partial charge in [0.25, 0.3) is 0 Å². The summed E-state index contributed by atoms with van der Waals surface area (Å²) >= 11 is 0. The van der Waals surface area contributed by atoms with Crippen LogP contribution >= 0.6 is 0 Å². The van der Waals surface area contributed by atoms with E-state index < -0.39 is 5.60 Å². The molecule has 0 saturated carbocycles. The third-order valence-corrected chi connectivity index (χ3v) is 2.79. The Morgan fingerprint density at radius 1 is 1.59 bits per heavy atom. The maximum absolute atomic E-state index is 10.1. The van der Waals surface area contributed by atoms with E-state index in [0.717, 1.165) is 6.42 Å². The van der Waals surface area contributed by atoms with Crippen LogP contribution in [0.3, 0.4) is 0 Å². The summed E-state index contributed by atoms with van der Waals surface area (Å²) in [4.78, 5) is 8.38. The van der Waals surface area contributed by atoms with E-state index in [-0.39, 0.29) is 0 Å². The molecule has 0 aliphatic carbocycles. The summed E-state index contributed by atoms with van der Waals surface area (Å²) < 4.78 is 5.17. The SMILES string of the molecule is CCc1nc(N)cc(NCC2(O)CCOC2)n1. The van der Waals surface area contributed by atoms with Gasteiger partial charge in [0.2, 0.25) is 0 Å². The maximum Gasteiger partial charge on any atom is 0.132 e. The molecule has 1 saturated heterocycles. The van der Waals surface area contributed by atoms with Crippen molar-refractivity contribution in [1.82, 2.24) is 9.97 Å². The number of nitrogens with one attached hydrogen (secondary N) is 1. The average molecular weight is 238 g/mol. The van der Waals surface area contributed by atoms with Crippen molar-refractivity contribution >= 4 is 11.6 Å². The van der Waals surface area contributed by atoms with Gasteiger partial charge in [0.05, 0.1) is 6.61 Å². The van der Waals surface area contributed by atoms with Gasteiger partial charge in [-0.1, -0.05) is 6.92 Å². The van der Waals surface area contributed by atoms with Gasteiger partial charge in [0.1, 0.15) is 23.1 Å². The first-order valence-corrected chi connectivity index (χ1v) is 5.79. The summed E-state index contributed by atoms with van der Waals surface area (Å²) in [7, 11) is 0. The van der Waals surface area contributed by atoms with Gasteiger partial charge in [-0.25, -0.2) is 9.97 Å². The fourth-order valence-corrected chi connectivity index (χ4v) is 1.76. The number of nitrogens with zero attached hydrogens (tertiary/aromatic N) is 2. The molecule has 4 N–H and O–H groups in total. The van der Waals surface area contributed by atoms with Crippen molar-refractivity contribution in [2.45, 2.75) is 25.4 Å². The summed E-state index contributed by atoms with van der Waals surface area (Å²) in [6, 6.07) is 1.67. The molecule has 0 spiro atoms. The van der Waals surface area contributed by atoms with Crippen molar-refractivity contribution in [3.05, 3.63) is 11.9 Å². The Kier molecular flexibility index (Phi) is 3.44. The zero-order chi connectivity index (χ0) is 12.3. The molecule has 0 radical (unpaired) electrons. The lowest BCUT2D eigenvalue weighted by Gasteiger charge is -2.21. The summed E-state index contributed by atoms with van der Waals surface area (Å²) in [6.07, 6.45) is 1.37. The van der Waals surface area contributed by atoms with Crippen LogP contribution in [0.25, 0.3) is 0 Å². The van der Waals surface area contributed by atoms with Crippen LogP contribution in [0, 0.1) is 0 Å². The molecule has 2 rings (SSSR count). The second-order valence-corrected chi connectivity index (χ2v) is 4.33. The molecule has 0 aromatic carbocycles. The highest BCUT2D eigenvalue weighted by Crippen LogP contribution is 2.19. The van der Waals surface area contributed by atoms with E-state index in [1.165, 1.54) is 0 Å². The fourth-order valence-electron chi connectivity index (χ4n) is 1.76. The number of rotatable bonds is 4. The lowest BCUT2D eigenvalue weighted by molar-refractivity contribution is 0.0381. The molecule has 1 aromatic rings. The predicted molar refractivity (Wildman–Crippen MR) is 64.7 cm³/mol. The first-order chi connectivity index (χ1) is 8.11. The fraction of sp³-hybridized carbons (Fsp3) is 0.636. The third kappa shape index (κ3) is 3.04. The molecular weight excluding hydrogens is 220 g/mol. The minimum Gasteiger partial charge on any atom is -0.386 e. The first kappa shape index (κ1) is 12.1. The summed E-state index contributed by atoms with van der Waals surface area (Å²) in [5, 5.41) is 13.2. The number of aryl methyl sites for hydroxylation is 1. The van der Waals surface area contributed by atoms with Crippen LogP contribution in [-0.4, -0.2) is 40.4 Å². The van der Waals surface area contributed by atoms with Gasteiger partial charge in [-0.05, 0) is 0 Å². The van der Waals surface area contributed by atoms with Crippen molar-refractivity contribution in [2.24, 2.45) is 0 Å². The number of hydrogen-bond donors (Lipinski definition) is 3. The van der Waals surface area contributed by atoms with E-state index in [2.05, 4.69) is 15.3 Å². The zero-order valence-corrected chi connectivity index (χ0v) is 9.94. The van der Waals surface area contributed by atoms with E-state index in [0.29, 0.717) is 43.6 Å². The van der Waals surface area contributed by atoms with Crippen LogP contribution in [0.15, 0.2) is 6.07 Å². The van der Waals surface area contributed by atoms with Gasteiger partial charge < -0.3 is 20.9 Å². The quantitative estimate of drug-likeness (QED) is 0.693. The van der Waals surface area contributed by atoms with Crippen molar-refractivity contribution in [3.63, 3.8) is 0 Å². The average Bonchev–Trinajstić information content (AvgIpc) is 2.73. The van der Waals surface area contributed by atoms with Crippen LogP contribution < -0.4 is 11.1 Å². The first-order valence-electron chi connectivity index (χ1n) is 5.79. The molecule has 1 aliphatic rings. The standard InChI is InChI=1S/C11H18N4O2/c1-2-9-14-8(12)5-10(15-9)13-6-11(16)3-4-17-7-11/h5,16H,2-4,6-7H2,1H3,(H3,12,13,14,15). The van der Waals surface area contributed by atoms with Crippen molar-refractivity contribution in [2.75, 3.05) is 30.8 Å². The second-order valence-electron chi connectivity index (χ2n) is 4.33. The van der Waals surface area contributed by atoms with Crippen LogP contribution in [0.5, 0.6) is 0 Å². The van der Waals surface area contributed by atoms with Crippen molar-refractivity contribution < 1.29 is 9.84 Å². The molecule has 1 aromatic heterocycles. The smallest absolute Gasteiger partial charge is 0.132 e. The molecule has 94 valence electrons. The van der Waals surface area contributed by atoms with Crippen LogP contribution in [-0.2, 0) is 11.2 Å². The Labute approximate surface area is 100 Å².